The summed E-state index contributed by atoms with van der Waals surface area (Å²) >= 11 is 1.95. The summed E-state index contributed by atoms with van der Waals surface area (Å²) in [7, 11) is 0. The summed E-state index contributed by atoms with van der Waals surface area (Å²) < 4.78 is 0.701. The number of halogens is 1. The number of primary amides is 1. The Kier molecular flexibility index (Phi) is 2.74. The highest BCUT2D eigenvalue weighted by atomic mass is 127. The lowest BCUT2D eigenvalue weighted by atomic mass is 10.2. The second-order valence-electron chi connectivity index (χ2n) is 2.12. The molecular weight excluding hydrogens is 271 g/mol. The van der Waals surface area contributed by atoms with E-state index in [1.165, 1.54) is 6.07 Å². The predicted molar refractivity (Wildman–Crippen MR) is 53.1 cm³/mol. The van der Waals surface area contributed by atoms with Crippen molar-refractivity contribution in [1.82, 2.24) is 0 Å². The number of amides is 1. The SMILES string of the molecule is NC(=O)c1ccc(I)c(N=O)c1. The predicted octanol–water partition coefficient (Wildman–Crippen LogP) is 1.79. The zero-order chi connectivity index (χ0) is 9.14. The second-order valence-corrected chi connectivity index (χ2v) is 3.28. The van der Waals surface area contributed by atoms with Gasteiger partial charge in [0.2, 0.25) is 5.91 Å². The lowest BCUT2D eigenvalue weighted by Crippen LogP contribution is -2.10. The highest BCUT2D eigenvalue weighted by molar-refractivity contribution is 14.1. The fourth-order valence-electron chi connectivity index (χ4n) is 0.736. The van der Waals surface area contributed by atoms with E-state index in [1.807, 2.05) is 22.6 Å². The number of hydrogen-bond donors (Lipinski definition) is 1. The van der Waals surface area contributed by atoms with E-state index in [9.17, 15) is 9.70 Å². The summed E-state index contributed by atoms with van der Waals surface area (Å²) in [5.41, 5.74) is 5.54. The van der Waals surface area contributed by atoms with Crippen molar-refractivity contribution < 1.29 is 4.79 Å². The number of rotatable bonds is 2. The smallest absolute Gasteiger partial charge is 0.248 e. The van der Waals surface area contributed by atoms with Crippen molar-refractivity contribution in [3.8, 4) is 0 Å². The van der Waals surface area contributed by atoms with Gasteiger partial charge in [0.05, 0.1) is 0 Å². The molecule has 62 valence electrons. The van der Waals surface area contributed by atoms with Crippen LogP contribution in [0.1, 0.15) is 10.4 Å². The van der Waals surface area contributed by atoms with E-state index in [0.29, 0.717) is 9.13 Å². The zero-order valence-corrected chi connectivity index (χ0v) is 8.11. The first-order chi connectivity index (χ1) is 5.65. The standard InChI is InChI=1S/C7H5IN2O2/c8-5-2-1-4(7(9)11)3-6(5)10-12/h1-3H,(H2,9,11). The van der Waals surface area contributed by atoms with Gasteiger partial charge in [-0.25, -0.2) is 0 Å². The summed E-state index contributed by atoms with van der Waals surface area (Å²) in [6, 6.07) is 4.55. The lowest BCUT2D eigenvalue weighted by Gasteiger charge is -1.97. The highest BCUT2D eigenvalue weighted by Crippen LogP contribution is 2.21. The number of carbonyl (C=O) groups is 1. The van der Waals surface area contributed by atoms with E-state index in [1.54, 1.807) is 12.1 Å². The van der Waals surface area contributed by atoms with Crippen LogP contribution >= 0.6 is 22.6 Å². The van der Waals surface area contributed by atoms with Crippen LogP contribution in [-0.4, -0.2) is 5.91 Å². The molecule has 5 heteroatoms. The van der Waals surface area contributed by atoms with Crippen LogP contribution in [-0.2, 0) is 0 Å². The molecule has 0 unspecified atom stereocenters. The third kappa shape index (κ3) is 1.79. The third-order valence-electron chi connectivity index (χ3n) is 1.33. The average Bonchev–Trinajstić information content (AvgIpc) is 2.05. The van der Waals surface area contributed by atoms with Gasteiger partial charge < -0.3 is 5.73 Å². The fourth-order valence-corrected chi connectivity index (χ4v) is 1.17. The Morgan fingerprint density at radius 1 is 1.50 bits per heavy atom. The van der Waals surface area contributed by atoms with Crippen LogP contribution < -0.4 is 5.73 Å². The third-order valence-corrected chi connectivity index (χ3v) is 2.24. The summed E-state index contributed by atoms with van der Waals surface area (Å²) in [6.45, 7) is 0. The van der Waals surface area contributed by atoms with Crippen molar-refractivity contribution >= 4 is 34.2 Å². The van der Waals surface area contributed by atoms with E-state index in [4.69, 9.17) is 5.73 Å². The molecule has 1 amide bonds. The minimum atomic E-state index is -0.559. The Balaban J connectivity index is 3.22. The Hall–Kier alpha value is -0.980. The van der Waals surface area contributed by atoms with Crippen molar-refractivity contribution in [2.75, 3.05) is 0 Å². The van der Waals surface area contributed by atoms with Crippen molar-refractivity contribution in [3.63, 3.8) is 0 Å². The molecule has 1 aromatic carbocycles. The maximum Gasteiger partial charge on any atom is 0.248 e. The number of nitroso groups, excluding NO2 is 1. The van der Waals surface area contributed by atoms with Gasteiger partial charge in [-0.2, -0.15) is 0 Å². The van der Waals surface area contributed by atoms with E-state index in [-0.39, 0.29) is 5.69 Å². The van der Waals surface area contributed by atoms with Crippen LogP contribution in [0, 0.1) is 8.48 Å². The quantitative estimate of drug-likeness (QED) is 0.660. The average molecular weight is 276 g/mol. The summed E-state index contributed by atoms with van der Waals surface area (Å²) in [4.78, 5) is 20.9. The number of benzene rings is 1. The second kappa shape index (κ2) is 3.61. The molecular formula is C7H5IN2O2. The van der Waals surface area contributed by atoms with E-state index >= 15 is 0 Å². The number of hydrogen-bond acceptors (Lipinski definition) is 3. The Morgan fingerprint density at radius 3 is 2.67 bits per heavy atom. The molecule has 1 aromatic rings. The van der Waals surface area contributed by atoms with Gasteiger partial charge in [-0.05, 0) is 46.0 Å². The first kappa shape index (κ1) is 9.11. The molecule has 0 atom stereocenters. The molecule has 0 fully saturated rings. The number of nitrogens with zero attached hydrogens (tertiary/aromatic N) is 1. The molecule has 0 saturated carbocycles. The first-order valence-corrected chi connectivity index (χ1v) is 4.15. The minimum absolute atomic E-state index is 0.243. The van der Waals surface area contributed by atoms with Gasteiger partial charge in [-0.1, -0.05) is 0 Å². The molecule has 0 aliphatic rings. The maximum atomic E-state index is 10.7. The van der Waals surface area contributed by atoms with E-state index < -0.39 is 5.91 Å². The minimum Gasteiger partial charge on any atom is -0.366 e. The topological polar surface area (TPSA) is 72.5 Å². The van der Waals surface area contributed by atoms with Crippen molar-refractivity contribution in [1.29, 1.82) is 0 Å². The normalized spacial score (nSPS) is 9.42. The van der Waals surface area contributed by atoms with Gasteiger partial charge in [0.1, 0.15) is 5.69 Å². The molecule has 0 aromatic heterocycles. The van der Waals surface area contributed by atoms with Gasteiger partial charge in [0.25, 0.3) is 0 Å². The molecule has 0 saturated heterocycles. The number of carbonyl (C=O) groups excluding carboxylic acids is 1. The van der Waals surface area contributed by atoms with Gasteiger partial charge in [-0.3, -0.25) is 4.79 Å². The zero-order valence-electron chi connectivity index (χ0n) is 5.95. The van der Waals surface area contributed by atoms with Crippen molar-refractivity contribution in [2.24, 2.45) is 10.9 Å². The maximum absolute atomic E-state index is 10.7. The Labute approximate surface area is 82.3 Å². The van der Waals surface area contributed by atoms with Crippen LogP contribution in [0.25, 0.3) is 0 Å². The molecule has 1 rings (SSSR count). The van der Waals surface area contributed by atoms with Crippen LogP contribution in [0.4, 0.5) is 5.69 Å². The molecule has 0 spiro atoms. The van der Waals surface area contributed by atoms with Gasteiger partial charge in [0.15, 0.2) is 0 Å². The summed E-state index contributed by atoms with van der Waals surface area (Å²) in [5.74, 6) is -0.559. The highest BCUT2D eigenvalue weighted by Gasteiger charge is 2.04. The molecule has 0 radical (unpaired) electrons. The summed E-state index contributed by atoms with van der Waals surface area (Å²) in [6.07, 6.45) is 0. The van der Waals surface area contributed by atoms with Gasteiger partial charge in [0, 0.05) is 9.13 Å². The number of nitrogens with two attached hydrogens (primary N) is 1. The van der Waals surface area contributed by atoms with Crippen molar-refractivity contribution in [3.05, 3.63) is 32.2 Å². The van der Waals surface area contributed by atoms with Gasteiger partial charge >= 0.3 is 0 Å². The van der Waals surface area contributed by atoms with E-state index in [0.717, 1.165) is 0 Å². The molecule has 4 nitrogen and oxygen atoms in total. The first-order valence-electron chi connectivity index (χ1n) is 3.08. The largest absolute Gasteiger partial charge is 0.366 e. The summed E-state index contributed by atoms with van der Waals surface area (Å²) in [5, 5.41) is 2.75. The van der Waals surface area contributed by atoms with Crippen LogP contribution in [0.5, 0.6) is 0 Å². The lowest BCUT2D eigenvalue weighted by molar-refractivity contribution is 0.100. The fraction of sp³-hybridized carbons (Fsp3) is 0. The molecule has 2 N–H and O–H groups in total. The molecule has 12 heavy (non-hydrogen) atoms. The van der Waals surface area contributed by atoms with Crippen molar-refractivity contribution in [2.45, 2.75) is 0 Å². The van der Waals surface area contributed by atoms with Crippen LogP contribution in [0.2, 0.25) is 0 Å². The van der Waals surface area contributed by atoms with E-state index in [2.05, 4.69) is 5.18 Å². The molecule has 0 aliphatic carbocycles. The Bertz CT molecular complexity index is 338. The molecule has 0 aliphatic heterocycles. The van der Waals surface area contributed by atoms with Crippen LogP contribution in [0.15, 0.2) is 23.4 Å². The molecule has 0 bridgehead atoms. The molecule has 0 heterocycles. The monoisotopic (exact) mass is 276 g/mol. The van der Waals surface area contributed by atoms with Gasteiger partial charge in [-0.15, -0.1) is 4.91 Å². The van der Waals surface area contributed by atoms with Crippen LogP contribution in [0.3, 0.4) is 0 Å². The Morgan fingerprint density at radius 2 is 2.17 bits per heavy atom.